The van der Waals surface area contributed by atoms with Gasteiger partial charge >= 0.3 is 0 Å². The van der Waals surface area contributed by atoms with E-state index in [0.717, 1.165) is 12.0 Å². The molecule has 0 unspecified atom stereocenters. The lowest BCUT2D eigenvalue weighted by molar-refractivity contribution is -0.114. The van der Waals surface area contributed by atoms with E-state index in [9.17, 15) is 4.79 Å². The first-order valence-corrected chi connectivity index (χ1v) is 2.66. The van der Waals surface area contributed by atoms with Crippen molar-refractivity contribution in [3.8, 4) is 0 Å². The molecule has 0 aromatic carbocycles. The fourth-order valence-corrected chi connectivity index (χ4v) is 0.641. The van der Waals surface area contributed by atoms with E-state index in [1.807, 2.05) is 6.92 Å². The summed E-state index contributed by atoms with van der Waals surface area (Å²) in [4.78, 5) is 10.6. The molecule has 42 valence electrons. The van der Waals surface area contributed by atoms with Crippen LogP contribution in [0.4, 0.5) is 0 Å². The fourth-order valence-electron chi connectivity index (χ4n) is 0.641. The van der Waals surface area contributed by atoms with Crippen LogP contribution in [0.15, 0.2) is 5.57 Å². The molecule has 0 N–H and O–H groups in total. The van der Waals surface area contributed by atoms with Crippen LogP contribution in [0.5, 0.6) is 0 Å². The predicted octanol–water partition coefficient (Wildman–Crippen LogP) is 0.271. The summed E-state index contributed by atoms with van der Waals surface area (Å²) in [6, 6.07) is 0. The summed E-state index contributed by atoms with van der Waals surface area (Å²) in [5.41, 5.74) is 0.741. The maximum atomic E-state index is 10.6. The molecule has 1 rings (SSSR count). The lowest BCUT2D eigenvalue weighted by Gasteiger charge is -1.85. The van der Waals surface area contributed by atoms with Gasteiger partial charge in [-0.25, -0.2) is 0 Å². The SMILES string of the molecule is CCC1=[C][N]CC1=O. The predicted molar refractivity (Wildman–Crippen MR) is 29.1 cm³/mol. The van der Waals surface area contributed by atoms with Crippen molar-refractivity contribution in [1.82, 2.24) is 5.32 Å². The second-order valence-electron chi connectivity index (χ2n) is 1.68. The third kappa shape index (κ3) is 0.735. The zero-order valence-electron chi connectivity index (χ0n) is 4.77. The Morgan fingerprint density at radius 3 is 2.88 bits per heavy atom. The van der Waals surface area contributed by atoms with Crippen LogP contribution >= 0.6 is 0 Å². The van der Waals surface area contributed by atoms with Gasteiger partial charge in [0.2, 0.25) is 0 Å². The zero-order chi connectivity index (χ0) is 5.98. The summed E-state index contributed by atoms with van der Waals surface area (Å²) in [6.07, 6.45) is 3.41. The van der Waals surface area contributed by atoms with Crippen molar-refractivity contribution in [2.75, 3.05) is 6.54 Å². The first kappa shape index (κ1) is 5.35. The van der Waals surface area contributed by atoms with Crippen LogP contribution in [0.1, 0.15) is 13.3 Å². The topological polar surface area (TPSA) is 31.2 Å². The zero-order valence-corrected chi connectivity index (χ0v) is 4.77. The number of hydrogen-bond donors (Lipinski definition) is 0. The summed E-state index contributed by atoms with van der Waals surface area (Å²) in [7, 11) is 0. The van der Waals surface area contributed by atoms with E-state index in [4.69, 9.17) is 0 Å². The third-order valence-electron chi connectivity index (χ3n) is 1.13. The van der Waals surface area contributed by atoms with E-state index in [-0.39, 0.29) is 5.78 Å². The highest BCUT2D eigenvalue weighted by Gasteiger charge is 2.13. The van der Waals surface area contributed by atoms with E-state index in [1.54, 1.807) is 0 Å². The maximum Gasteiger partial charge on any atom is 0.182 e. The van der Waals surface area contributed by atoms with Crippen LogP contribution < -0.4 is 5.32 Å². The molecule has 0 aromatic heterocycles. The molecule has 2 heteroatoms. The van der Waals surface area contributed by atoms with Gasteiger partial charge in [0.05, 0.1) is 6.20 Å². The van der Waals surface area contributed by atoms with E-state index in [1.165, 1.54) is 0 Å². The average molecular weight is 109 g/mol. The minimum Gasteiger partial charge on any atom is -0.292 e. The molecule has 0 spiro atoms. The van der Waals surface area contributed by atoms with Crippen molar-refractivity contribution in [2.24, 2.45) is 0 Å². The van der Waals surface area contributed by atoms with Gasteiger partial charge in [0.15, 0.2) is 5.78 Å². The highest BCUT2D eigenvalue weighted by molar-refractivity contribution is 5.97. The number of ketones is 1. The molecule has 1 aliphatic rings. The molecule has 0 amide bonds. The lowest BCUT2D eigenvalue weighted by atomic mass is 10.2. The summed E-state index contributed by atoms with van der Waals surface area (Å²) >= 11 is 0. The molecule has 0 saturated carbocycles. The second kappa shape index (κ2) is 1.99. The first-order valence-electron chi connectivity index (χ1n) is 2.66. The van der Waals surface area contributed by atoms with Crippen LogP contribution in [0.3, 0.4) is 0 Å². The van der Waals surface area contributed by atoms with Gasteiger partial charge in [-0.1, -0.05) is 6.92 Å². The number of nitrogens with zero attached hydrogens (tertiary/aromatic N) is 1. The van der Waals surface area contributed by atoms with E-state index in [2.05, 4.69) is 11.5 Å². The minimum atomic E-state index is 0.132. The Morgan fingerprint density at radius 1 is 1.88 bits per heavy atom. The highest BCUT2D eigenvalue weighted by Crippen LogP contribution is 2.04. The molecular weight excluding hydrogens is 102 g/mol. The van der Waals surface area contributed by atoms with Gasteiger partial charge in [0.25, 0.3) is 0 Å². The number of carbonyl (C=O) groups excluding carboxylic acids is 1. The Hall–Kier alpha value is -0.790. The van der Waals surface area contributed by atoms with Gasteiger partial charge in [-0.05, 0) is 6.42 Å². The first-order chi connectivity index (χ1) is 3.84. The molecule has 0 bridgehead atoms. The molecule has 0 saturated heterocycles. The molecule has 8 heavy (non-hydrogen) atoms. The Kier molecular flexibility index (Phi) is 1.33. The highest BCUT2D eigenvalue weighted by atomic mass is 16.1. The molecule has 0 aromatic rings. The van der Waals surface area contributed by atoms with E-state index >= 15 is 0 Å². The fraction of sp³-hybridized carbons (Fsp3) is 0.500. The molecule has 0 atom stereocenters. The van der Waals surface area contributed by atoms with Gasteiger partial charge in [-0.2, -0.15) is 0 Å². The Balaban J connectivity index is 2.62. The largest absolute Gasteiger partial charge is 0.292 e. The van der Waals surface area contributed by atoms with Crippen molar-refractivity contribution in [1.29, 1.82) is 0 Å². The molecule has 0 fully saturated rings. The van der Waals surface area contributed by atoms with E-state index in [0.29, 0.717) is 6.54 Å². The number of carbonyl (C=O) groups is 1. The van der Waals surface area contributed by atoms with Gasteiger partial charge in [-0.3, -0.25) is 10.1 Å². The molecule has 2 nitrogen and oxygen atoms in total. The summed E-state index contributed by atoms with van der Waals surface area (Å²) in [6.45, 7) is 2.25. The monoisotopic (exact) mass is 109 g/mol. The third-order valence-corrected chi connectivity index (χ3v) is 1.13. The normalized spacial score (nSPS) is 18.1. The Morgan fingerprint density at radius 2 is 2.62 bits per heavy atom. The summed E-state index contributed by atoms with van der Waals surface area (Å²) < 4.78 is 0. The van der Waals surface area contributed by atoms with Crippen molar-refractivity contribution >= 4 is 5.78 Å². The summed E-state index contributed by atoms with van der Waals surface area (Å²) in [5, 5.41) is 3.68. The molecule has 2 radical (unpaired) electrons. The summed E-state index contributed by atoms with van der Waals surface area (Å²) in [5.74, 6) is 0.132. The average Bonchev–Trinajstić information content (AvgIpc) is 2.14. The van der Waals surface area contributed by atoms with E-state index < -0.39 is 0 Å². The van der Waals surface area contributed by atoms with Crippen LogP contribution in [0.2, 0.25) is 0 Å². The van der Waals surface area contributed by atoms with Gasteiger partial charge in [-0.15, -0.1) is 0 Å². The second-order valence-corrected chi connectivity index (χ2v) is 1.68. The van der Waals surface area contributed by atoms with Gasteiger partial charge in [0, 0.05) is 5.57 Å². The van der Waals surface area contributed by atoms with Crippen LogP contribution in [0.25, 0.3) is 0 Å². The molecule has 0 aliphatic carbocycles. The molecule has 1 aliphatic heterocycles. The Labute approximate surface area is 48.6 Å². The number of rotatable bonds is 1. The minimum absolute atomic E-state index is 0.132. The molecular formula is C6H7NO. The van der Waals surface area contributed by atoms with Crippen LogP contribution in [-0.2, 0) is 4.79 Å². The van der Waals surface area contributed by atoms with Crippen molar-refractivity contribution in [2.45, 2.75) is 13.3 Å². The Bertz CT molecular complexity index is 137. The van der Waals surface area contributed by atoms with Crippen molar-refractivity contribution in [3.05, 3.63) is 11.8 Å². The number of Topliss-reactive ketones (excluding diaryl/α,β-unsaturated/α-hetero) is 1. The van der Waals surface area contributed by atoms with Crippen LogP contribution in [0, 0.1) is 6.20 Å². The maximum absolute atomic E-state index is 10.6. The lowest BCUT2D eigenvalue weighted by Crippen LogP contribution is -2.03. The van der Waals surface area contributed by atoms with Gasteiger partial charge < -0.3 is 0 Å². The van der Waals surface area contributed by atoms with Crippen molar-refractivity contribution < 1.29 is 4.79 Å². The number of hydrogen-bond acceptors (Lipinski definition) is 1. The molecule has 1 heterocycles. The van der Waals surface area contributed by atoms with Crippen molar-refractivity contribution in [3.63, 3.8) is 0 Å². The smallest absolute Gasteiger partial charge is 0.182 e. The quantitative estimate of drug-likeness (QED) is 0.475. The standard InChI is InChI=1S/C6H7NO/c1-2-5-3-7-4-6(5)8/h2,4H2,1H3. The van der Waals surface area contributed by atoms with Crippen LogP contribution in [-0.4, -0.2) is 12.3 Å². The van der Waals surface area contributed by atoms with Gasteiger partial charge in [0.1, 0.15) is 6.54 Å².